The Kier molecular flexibility index (Phi) is 8.32. The summed E-state index contributed by atoms with van der Waals surface area (Å²) in [7, 11) is 1.86. The van der Waals surface area contributed by atoms with Crippen molar-refractivity contribution in [3.63, 3.8) is 0 Å². The van der Waals surface area contributed by atoms with Crippen LogP contribution in [0.25, 0.3) is 22.3 Å². The van der Waals surface area contributed by atoms with Gasteiger partial charge in [0.15, 0.2) is 5.43 Å². The lowest BCUT2D eigenvalue weighted by Gasteiger charge is -2.37. The number of rotatable bonds is 5. The molecule has 1 aliphatic heterocycles. The fourth-order valence-corrected chi connectivity index (χ4v) is 5.02. The number of halogens is 1. The van der Waals surface area contributed by atoms with Crippen LogP contribution in [0.4, 0.5) is 4.79 Å². The smallest absolute Gasteiger partial charge is 0.408 e. The number of carbonyl (C=O) groups is 2. The Morgan fingerprint density at radius 2 is 1.88 bits per heavy atom. The Hall–Kier alpha value is -3.76. The van der Waals surface area contributed by atoms with Crippen LogP contribution in [0.2, 0.25) is 5.02 Å². The van der Waals surface area contributed by atoms with Crippen LogP contribution in [0.15, 0.2) is 45.6 Å². The summed E-state index contributed by atoms with van der Waals surface area (Å²) in [4.78, 5) is 40.3. The van der Waals surface area contributed by atoms with Crippen LogP contribution in [0.5, 0.6) is 11.5 Å². The molecular weight excluding hydrogens is 540 g/mol. The second-order valence-corrected chi connectivity index (χ2v) is 11.4. The monoisotopic (exact) mass is 572 g/mol. The van der Waals surface area contributed by atoms with E-state index in [0.717, 1.165) is 6.07 Å². The van der Waals surface area contributed by atoms with Crippen molar-refractivity contribution in [2.75, 3.05) is 20.1 Å². The zero-order valence-electron chi connectivity index (χ0n) is 23.0. The first kappa shape index (κ1) is 29.2. The zero-order valence-corrected chi connectivity index (χ0v) is 23.7. The molecule has 1 saturated heterocycles. The number of esters is 1. The predicted octanol–water partition coefficient (Wildman–Crippen LogP) is 4.77. The first-order chi connectivity index (χ1) is 18.7. The summed E-state index contributed by atoms with van der Waals surface area (Å²) in [5.74, 6) is -1.88. The first-order valence-corrected chi connectivity index (χ1v) is 13.3. The van der Waals surface area contributed by atoms with Crippen molar-refractivity contribution in [1.29, 1.82) is 0 Å². The number of hydrogen-bond donors (Lipinski definition) is 3. The van der Waals surface area contributed by atoms with Crippen LogP contribution in [-0.2, 0) is 14.3 Å². The number of aromatic hydroxyl groups is 2. The molecular formula is C29H33ClN2O8. The lowest BCUT2D eigenvalue weighted by molar-refractivity contribution is -0.154. The van der Waals surface area contributed by atoms with E-state index in [4.69, 9.17) is 25.5 Å². The number of hydrogen-bond acceptors (Lipinski definition) is 9. The minimum absolute atomic E-state index is 0.0181. The molecule has 1 aliphatic rings. The molecule has 3 N–H and O–H groups in total. The summed E-state index contributed by atoms with van der Waals surface area (Å²) in [6, 6.07) is 8.13. The summed E-state index contributed by atoms with van der Waals surface area (Å²) in [6.45, 7) is 7.52. The number of fused-ring (bicyclic) bond motifs is 1. The molecule has 0 spiro atoms. The fraction of sp³-hybridized carbons (Fsp3) is 0.414. The molecule has 1 amide bonds. The predicted molar refractivity (Wildman–Crippen MR) is 150 cm³/mol. The van der Waals surface area contributed by atoms with Crippen molar-refractivity contribution in [1.82, 2.24) is 10.2 Å². The fourth-order valence-electron chi connectivity index (χ4n) is 4.79. The molecule has 3 aromatic rings. The highest BCUT2D eigenvalue weighted by atomic mass is 35.5. The largest absolute Gasteiger partial charge is 0.507 e. The molecule has 40 heavy (non-hydrogen) atoms. The van der Waals surface area contributed by atoms with E-state index in [2.05, 4.69) is 5.32 Å². The van der Waals surface area contributed by atoms with E-state index in [1.165, 1.54) is 13.0 Å². The van der Waals surface area contributed by atoms with Crippen LogP contribution < -0.4 is 10.7 Å². The number of likely N-dealkylation sites (tertiary alicyclic amines) is 1. The average molecular weight is 573 g/mol. The van der Waals surface area contributed by atoms with Gasteiger partial charge in [-0.25, -0.2) is 9.59 Å². The third-order valence-electron chi connectivity index (χ3n) is 6.62. The van der Waals surface area contributed by atoms with E-state index >= 15 is 0 Å². The minimum Gasteiger partial charge on any atom is -0.507 e. The summed E-state index contributed by atoms with van der Waals surface area (Å²) in [6.07, 6.45) is -1.09. The Balaban J connectivity index is 1.73. The maximum Gasteiger partial charge on any atom is 0.408 e. The molecule has 0 unspecified atom stereocenters. The average Bonchev–Trinajstić information content (AvgIpc) is 2.83. The van der Waals surface area contributed by atoms with E-state index in [1.54, 1.807) is 45.0 Å². The van der Waals surface area contributed by atoms with E-state index < -0.39 is 46.9 Å². The van der Waals surface area contributed by atoms with Crippen molar-refractivity contribution in [2.24, 2.45) is 0 Å². The molecule has 0 radical (unpaired) electrons. The lowest BCUT2D eigenvalue weighted by atomic mass is 9.85. The van der Waals surface area contributed by atoms with Gasteiger partial charge >= 0.3 is 12.1 Å². The number of carbonyl (C=O) groups excluding carboxylic acids is 2. The summed E-state index contributed by atoms with van der Waals surface area (Å²) in [5, 5.41) is 24.3. The number of alkyl carbamates (subject to hydrolysis) is 1. The van der Waals surface area contributed by atoms with Crippen molar-refractivity contribution in [2.45, 2.75) is 57.8 Å². The van der Waals surface area contributed by atoms with Crippen LogP contribution in [-0.4, -0.2) is 65.1 Å². The van der Waals surface area contributed by atoms with Gasteiger partial charge in [-0.1, -0.05) is 23.7 Å². The van der Waals surface area contributed by atoms with Crippen molar-refractivity contribution in [3.8, 4) is 22.8 Å². The van der Waals surface area contributed by atoms with Crippen LogP contribution in [0.1, 0.15) is 45.6 Å². The number of likely N-dealkylation sites (N-methyl/N-ethyl adjacent to an activating group) is 1. The van der Waals surface area contributed by atoms with Gasteiger partial charge in [0.05, 0.1) is 5.02 Å². The van der Waals surface area contributed by atoms with Gasteiger partial charge in [-0.15, -0.1) is 0 Å². The third-order valence-corrected chi connectivity index (χ3v) is 6.95. The normalized spacial score (nSPS) is 18.8. The molecule has 0 saturated carbocycles. The first-order valence-electron chi connectivity index (χ1n) is 12.9. The summed E-state index contributed by atoms with van der Waals surface area (Å²) < 4.78 is 17.2. The molecule has 4 rings (SSSR count). The quantitative estimate of drug-likeness (QED) is 0.369. The second-order valence-electron chi connectivity index (χ2n) is 11.0. The highest BCUT2D eigenvalue weighted by molar-refractivity contribution is 6.33. The number of phenolic OH excluding ortho intramolecular Hbond substituents is 2. The van der Waals surface area contributed by atoms with Gasteiger partial charge in [0.2, 0.25) is 0 Å². The van der Waals surface area contributed by atoms with Gasteiger partial charge in [-0.05, 0) is 59.8 Å². The van der Waals surface area contributed by atoms with E-state index in [1.807, 2.05) is 11.9 Å². The maximum atomic E-state index is 13.2. The molecule has 2 heterocycles. The van der Waals surface area contributed by atoms with Gasteiger partial charge in [-0.2, -0.15) is 0 Å². The number of nitrogens with zero attached hydrogens (tertiary/aromatic N) is 1. The van der Waals surface area contributed by atoms with Crippen LogP contribution in [0, 0.1) is 0 Å². The minimum atomic E-state index is -1.02. The van der Waals surface area contributed by atoms with Crippen molar-refractivity contribution < 1.29 is 33.7 Å². The van der Waals surface area contributed by atoms with Gasteiger partial charge in [-0.3, -0.25) is 4.79 Å². The number of phenols is 2. The topological polar surface area (TPSA) is 139 Å². The molecule has 11 heteroatoms. The number of ether oxygens (including phenoxy) is 2. The van der Waals surface area contributed by atoms with Crippen LogP contribution >= 0.6 is 11.6 Å². The van der Waals surface area contributed by atoms with Gasteiger partial charge < -0.3 is 34.3 Å². The van der Waals surface area contributed by atoms with Crippen molar-refractivity contribution in [3.05, 3.63) is 57.2 Å². The Morgan fingerprint density at radius 1 is 1.18 bits per heavy atom. The van der Waals surface area contributed by atoms with E-state index in [9.17, 15) is 24.6 Å². The number of piperidine rings is 1. The van der Waals surface area contributed by atoms with Gasteiger partial charge in [0.25, 0.3) is 0 Å². The lowest BCUT2D eigenvalue weighted by Crippen LogP contribution is -2.47. The Labute approximate surface area is 236 Å². The molecule has 2 aromatic carbocycles. The summed E-state index contributed by atoms with van der Waals surface area (Å²) >= 11 is 6.35. The standard InChI is InChI=1S/C29H33ClN2O8/c1-15(31-28(37)40-29(2,3)4)27(36)39-23-14-32(5)11-10-17(23)24-19(33)12-20(34)25-21(35)13-22(38-26(24)25)16-8-6-7-9-18(16)30/h6-9,12-13,15,17,23,33-34H,10-11,14H2,1-5H3,(H,31,37)/t15-,17-,23+/m0/s1. The number of benzene rings is 2. The summed E-state index contributed by atoms with van der Waals surface area (Å²) in [5.41, 5.74) is -0.584. The third kappa shape index (κ3) is 6.34. The zero-order chi connectivity index (χ0) is 29.4. The van der Waals surface area contributed by atoms with E-state index in [-0.39, 0.29) is 28.0 Å². The molecule has 0 bridgehead atoms. The second kappa shape index (κ2) is 11.4. The number of nitrogens with one attached hydrogen (secondary N) is 1. The molecule has 3 atom stereocenters. The van der Waals surface area contributed by atoms with E-state index in [0.29, 0.717) is 30.1 Å². The van der Waals surface area contributed by atoms with Crippen molar-refractivity contribution >= 4 is 34.6 Å². The maximum absolute atomic E-state index is 13.2. The molecule has 0 aliphatic carbocycles. The molecule has 214 valence electrons. The molecule has 10 nitrogen and oxygen atoms in total. The highest BCUT2D eigenvalue weighted by Gasteiger charge is 2.37. The Morgan fingerprint density at radius 3 is 2.55 bits per heavy atom. The number of amides is 1. The van der Waals surface area contributed by atoms with Gasteiger partial charge in [0, 0.05) is 35.7 Å². The molecule has 1 aromatic heterocycles. The highest BCUT2D eigenvalue weighted by Crippen LogP contribution is 2.43. The molecule has 1 fully saturated rings. The SMILES string of the molecule is C[C@H](NC(=O)OC(C)(C)C)C(=O)O[C@@H]1CN(C)CC[C@@H]1c1c(O)cc(O)c2c(=O)cc(-c3ccccc3Cl)oc12. The van der Waals surface area contributed by atoms with Crippen LogP contribution in [0.3, 0.4) is 0 Å². The Bertz CT molecular complexity index is 1500. The van der Waals surface area contributed by atoms with Gasteiger partial charge in [0.1, 0.15) is 46.0 Å².